The highest BCUT2D eigenvalue weighted by Crippen LogP contribution is 2.16. The lowest BCUT2D eigenvalue weighted by atomic mass is 9.99. The summed E-state index contributed by atoms with van der Waals surface area (Å²) in [5, 5.41) is 8.57. The number of hydrogen-bond donors (Lipinski definition) is 2. The second-order valence-corrected chi connectivity index (χ2v) is 6.91. The van der Waals surface area contributed by atoms with Crippen LogP contribution in [0.1, 0.15) is 26.3 Å². The van der Waals surface area contributed by atoms with E-state index in [4.69, 9.17) is 5.11 Å². The van der Waals surface area contributed by atoms with Crippen molar-refractivity contribution in [3.8, 4) is 11.8 Å². The standard InChI is InChI=1S/C15H20FNO3S/c1-11(2)12(3)10-17-21(19,20)15-7-6-13(5-4-8-18)9-14(15)16/h6-7,9,11-12,17-18H,8,10H2,1-3H3. The molecule has 0 saturated carbocycles. The van der Waals surface area contributed by atoms with Crippen LogP contribution in [0, 0.1) is 29.5 Å². The van der Waals surface area contributed by atoms with Gasteiger partial charge in [0.15, 0.2) is 0 Å². The van der Waals surface area contributed by atoms with Crippen LogP contribution in [-0.4, -0.2) is 26.7 Å². The lowest BCUT2D eigenvalue weighted by Crippen LogP contribution is -2.30. The van der Waals surface area contributed by atoms with Crippen molar-refractivity contribution in [2.45, 2.75) is 25.7 Å². The van der Waals surface area contributed by atoms with Crippen molar-refractivity contribution in [3.05, 3.63) is 29.6 Å². The summed E-state index contributed by atoms with van der Waals surface area (Å²) in [4.78, 5) is -0.395. The molecule has 2 N–H and O–H groups in total. The van der Waals surface area contributed by atoms with Crippen LogP contribution < -0.4 is 4.72 Å². The summed E-state index contributed by atoms with van der Waals surface area (Å²) in [6.45, 7) is 5.83. The highest BCUT2D eigenvalue weighted by atomic mass is 32.2. The molecule has 116 valence electrons. The first-order chi connectivity index (χ1) is 9.77. The summed E-state index contributed by atoms with van der Waals surface area (Å²) in [6.07, 6.45) is 0. The van der Waals surface area contributed by atoms with Crippen LogP contribution in [0.25, 0.3) is 0 Å². The van der Waals surface area contributed by atoms with Gasteiger partial charge in [-0.1, -0.05) is 32.6 Å². The molecule has 0 bridgehead atoms. The van der Waals surface area contributed by atoms with Gasteiger partial charge in [0.05, 0.1) is 0 Å². The molecule has 0 aliphatic rings. The molecule has 0 aromatic heterocycles. The average molecular weight is 313 g/mol. The van der Waals surface area contributed by atoms with E-state index in [1.807, 2.05) is 20.8 Å². The van der Waals surface area contributed by atoms with E-state index in [-0.39, 0.29) is 19.1 Å². The SMILES string of the molecule is CC(C)C(C)CNS(=O)(=O)c1ccc(C#CCO)cc1F. The normalized spacial score (nSPS) is 12.9. The molecular formula is C15H20FNO3S. The van der Waals surface area contributed by atoms with Gasteiger partial charge < -0.3 is 5.11 Å². The van der Waals surface area contributed by atoms with Gasteiger partial charge in [0.2, 0.25) is 10.0 Å². The summed E-state index contributed by atoms with van der Waals surface area (Å²) in [5.41, 5.74) is 0.316. The van der Waals surface area contributed by atoms with E-state index in [1.54, 1.807) is 0 Å². The molecule has 1 rings (SSSR count). The highest BCUT2D eigenvalue weighted by molar-refractivity contribution is 7.89. The van der Waals surface area contributed by atoms with E-state index in [0.717, 1.165) is 6.07 Å². The molecule has 0 amide bonds. The van der Waals surface area contributed by atoms with Crippen molar-refractivity contribution >= 4 is 10.0 Å². The minimum Gasteiger partial charge on any atom is -0.384 e. The largest absolute Gasteiger partial charge is 0.384 e. The Labute approximate surface area is 125 Å². The molecule has 21 heavy (non-hydrogen) atoms. The van der Waals surface area contributed by atoms with Crippen LogP contribution >= 0.6 is 0 Å². The first-order valence-electron chi connectivity index (χ1n) is 6.67. The molecule has 4 nitrogen and oxygen atoms in total. The first kappa shape index (κ1) is 17.6. The van der Waals surface area contributed by atoms with Crippen LogP contribution in [0.15, 0.2) is 23.1 Å². The second-order valence-electron chi connectivity index (χ2n) is 5.18. The summed E-state index contributed by atoms with van der Waals surface area (Å²) < 4.78 is 40.5. The van der Waals surface area contributed by atoms with E-state index < -0.39 is 20.7 Å². The summed E-state index contributed by atoms with van der Waals surface area (Å²) in [6, 6.07) is 3.63. The molecule has 1 unspecified atom stereocenters. The van der Waals surface area contributed by atoms with Gasteiger partial charge in [-0.25, -0.2) is 17.5 Å². The molecule has 1 atom stereocenters. The Kier molecular flexibility index (Phi) is 6.34. The van der Waals surface area contributed by atoms with Gasteiger partial charge in [-0.3, -0.25) is 0 Å². The Bertz CT molecular complexity index is 645. The second kappa shape index (κ2) is 7.55. The summed E-state index contributed by atoms with van der Waals surface area (Å²) in [5.74, 6) is 4.52. The number of halogens is 1. The molecule has 0 aliphatic heterocycles. The van der Waals surface area contributed by atoms with Crippen molar-refractivity contribution in [1.29, 1.82) is 0 Å². The zero-order chi connectivity index (χ0) is 16.0. The van der Waals surface area contributed by atoms with E-state index in [9.17, 15) is 12.8 Å². The van der Waals surface area contributed by atoms with Gasteiger partial charge in [0, 0.05) is 12.1 Å². The molecule has 6 heteroatoms. The first-order valence-corrected chi connectivity index (χ1v) is 8.15. The molecule has 0 saturated heterocycles. The maximum Gasteiger partial charge on any atom is 0.243 e. The number of hydrogen-bond acceptors (Lipinski definition) is 3. The van der Waals surface area contributed by atoms with E-state index in [0.29, 0.717) is 11.5 Å². The summed E-state index contributed by atoms with van der Waals surface area (Å²) in [7, 11) is -3.88. The number of nitrogens with one attached hydrogen (secondary N) is 1. The van der Waals surface area contributed by atoms with E-state index in [1.165, 1.54) is 12.1 Å². The van der Waals surface area contributed by atoms with Crippen LogP contribution in [-0.2, 0) is 10.0 Å². The fourth-order valence-electron chi connectivity index (χ4n) is 1.49. The third-order valence-electron chi connectivity index (χ3n) is 3.27. The number of aliphatic hydroxyl groups excluding tert-OH is 1. The lowest BCUT2D eigenvalue weighted by molar-refractivity contribution is 0.350. The monoisotopic (exact) mass is 313 g/mol. The predicted octanol–water partition coefficient (Wildman–Crippen LogP) is 1.74. The van der Waals surface area contributed by atoms with E-state index in [2.05, 4.69) is 16.6 Å². The molecule has 0 heterocycles. The molecule has 0 aliphatic carbocycles. The van der Waals surface area contributed by atoms with Gasteiger partial charge in [0.25, 0.3) is 0 Å². The van der Waals surface area contributed by atoms with Crippen molar-refractivity contribution < 1.29 is 17.9 Å². The smallest absolute Gasteiger partial charge is 0.243 e. The topological polar surface area (TPSA) is 66.4 Å². The lowest BCUT2D eigenvalue weighted by Gasteiger charge is -2.16. The van der Waals surface area contributed by atoms with Crippen LogP contribution in [0.4, 0.5) is 4.39 Å². The molecular weight excluding hydrogens is 293 g/mol. The molecule has 1 aromatic rings. The Morgan fingerprint density at radius 1 is 1.33 bits per heavy atom. The number of sulfonamides is 1. The van der Waals surface area contributed by atoms with Gasteiger partial charge in [-0.15, -0.1) is 0 Å². The van der Waals surface area contributed by atoms with Gasteiger partial charge in [0.1, 0.15) is 17.3 Å². The zero-order valence-corrected chi connectivity index (χ0v) is 13.2. The quantitative estimate of drug-likeness (QED) is 0.814. The Morgan fingerprint density at radius 2 is 2.00 bits per heavy atom. The minimum absolute atomic E-state index is 0.150. The fourth-order valence-corrected chi connectivity index (χ4v) is 2.69. The van der Waals surface area contributed by atoms with E-state index >= 15 is 0 Å². The van der Waals surface area contributed by atoms with Crippen molar-refractivity contribution in [1.82, 2.24) is 4.72 Å². The maximum absolute atomic E-state index is 13.9. The third-order valence-corrected chi connectivity index (χ3v) is 4.72. The molecule has 1 aromatic carbocycles. The Balaban J connectivity index is 2.94. The molecule has 0 fully saturated rings. The Morgan fingerprint density at radius 3 is 2.52 bits per heavy atom. The molecule has 0 radical (unpaired) electrons. The van der Waals surface area contributed by atoms with Crippen LogP contribution in [0.2, 0.25) is 0 Å². The van der Waals surface area contributed by atoms with Crippen molar-refractivity contribution in [3.63, 3.8) is 0 Å². The van der Waals surface area contributed by atoms with Gasteiger partial charge in [-0.2, -0.15) is 0 Å². The summed E-state index contributed by atoms with van der Waals surface area (Å²) >= 11 is 0. The minimum atomic E-state index is -3.88. The Hall–Kier alpha value is -1.42. The fraction of sp³-hybridized carbons (Fsp3) is 0.467. The maximum atomic E-state index is 13.9. The van der Waals surface area contributed by atoms with Crippen molar-refractivity contribution in [2.24, 2.45) is 11.8 Å². The number of benzene rings is 1. The zero-order valence-electron chi connectivity index (χ0n) is 12.4. The third kappa shape index (κ3) is 5.12. The van der Waals surface area contributed by atoms with Crippen LogP contribution in [0.5, 0.6) is 0 Å². The molecule has 0 spiro atoms. The van der Waals surface area contributed by atoms with Crippen molar-refractivity contribution in [2.75, 3.05) is 13.2 Å². The van der Waals surface area contributed by atoms with Gasteiger partial charge >= 0.3 is 0 Å². The predicted molar refractivity (Wildman–Crippen MR) is 79.6 cm³/mol. The number of aliphatic hydroxyl groups is 1. The number of rotatable bonds is 5. The highest BCUT2D eigenvalue weighted by Gasteiger charge is 2.20. The average Bonchev–Trinajstić information content (AvgIpc) is 2.42. The van der Waals surface area contributed by atoms with Gasteiger partial charge in [-0.05, 0) is 30.0 Å². The van der Waals surface area contributed by atoms with Crippen LogP contribution in [0.3, 0.4) is 0 Å².